The SMILES string of the molecule is Cn1nccc1C1CC(F)(F)CC1[O]. The lowest BCUT2D eigenvalue weighted by Crippen LogP contribution is -2.13. The highest BCUT2D eigenvalue weighted by molar-refractivity contribution is 5.14. The van der Waals surface area contributed by atoms with E-state index < -0.39 is 24.4 Å². The fourth-order valence-electron chi connectivity index (χ4n) is 2.02. The second-order valence-electron chi connectivity index (χ2n) is 3.79. The maximum atomic E-state index is 12.9. The zero-order valence-electron chi connectivity index (χ0n) is 7.78. The fraction of sp³-hybridized carbons (Fsp3) is 0.667. The normalized spacial score (nSPS) is 30.9. The van der Waals surface area contributed by atoms with Gasteiger partial charge in [0, 0.05) is 37.7 Å². The average molecular weight is 201 g/mol. The number of hydrogen-bond acceptors (Lipinski definition) is 1. The van der Waals surface area contributed by atoms with Gasteiger partial charge >= 0.3 is 0 Å². The van der Waals surface area contributed by atoms with Crippen LogP contribution in [0.25, 0.3) is 0 Å². The van der Waals surface area contributed by atoms with E-state index in [0.29, 0.717) is 5.69 Å². The van der Waals surface area contributed by atoms with Crippen molar-refractivity contribution >= 4 is 0 Å². The van der Waals surface area contributed by atoms with Gasteiger partial charge in [-0.2, -0.15) is 5.10 Å². The highest BCUT2D eigenvalue weighted by Gasteiger charge is 2.48. The summed E-state index contributed by atoms with van der Waals surface area (Å²) in [5, 5.41) is 15.3. The van der Waals surface area contributed by atoms with Crippen molar-refractivity contribution in [2.24, 2.45) is 7.05 Å². The molecule has 77 valence electrons. The highest BCUT2D eigenvalue weighted by Crippen LogP contribution is 2.44. The Labute approximate surface area is 80.3 Å². The molecule has 1 aromatic heterocycles. The number of hydrogen-bond donors (Lipinski definition) is 0. The molecule has 1 aliphatic carbocycles. The van der Waals surface area contributed by atoms with E-state index in [9.17, 15) is 13.9 Å². The Morgan fingerprint density at radius 3 is 2.71 bits per heavy atom. The zero-order valence-corrected chi connectivity index (χ0v) is 7.78. The van der Waals surface area contributed by atoms with Gasteiger partial charge in [-0.05, 0) is 6.07 Å². The van der Waals surface area contributed by atoms with Crippen LogP contribution in [0.4, 0.5) is 8.78 Å². The van der Waals surface area contributed by atoms with E-state index in [-0.39, 0.29) is 6.42 Å². The Bertz CT molecular complexity index is 337. The fourth-order valence-corrected chi connectivity index (χ4v) is 2.02. The third-order valence-corrected chi connectivity index (χ3v) is 2.71. The molecule has 0 saturated heterocycles. The first-order valence-electron chi connectivity index (χ1n) is 4.51. The largest absolute Gasteiger partial charge is 0.272 e. The molecule has 14 heavy (non-hydrogen) atoms. The highest BCUT2D eigenvalue weighted by atomic mass is 19.3. The van der Waals surface area contributed by atoms with Crippen LogP contribution in [0.3, 0.4) is 0 Å². The summed E-state index contributed by atoms with van der Waals surface area (Å²) in [6.07, 6.45) is -0.581. The molecule has 1 aliphatic rings. The van der Waals surface area contributed by atoms with Crippen LogP contribution in [-0.2, 0) is 12.2 Å². The summed E-state index contributed by atoms with van der Waals surface area (Å²) in [6, 6.07) is 1.64. The van der Waals surface area contributed by atoms with E-state index in [4.69, 9.17) is 0 Å². The minimum Gasteiger partial charge on any atom is -0.272 e. The summed E-state index contributed by atoms with van der Waals surface area (Å²) < 4.78 is 27.4. The van der Waals surface area contributed by atoms with Crippen molar-refractivity contribution in [3.8, 4) is 0 Å². The van der Waals surface area contributed by atoms with Gasteiger partial charge in [-0.15, -0.1) is 0 Å². The Kier molecular flexibility index (Phi) is 2.06. The van der Waals surface area contributed by atoms with Crippen molar-refractivity contribution in [3.05, 3.63) is 18.0 Å². The molecule has 2 atom stereocenters. The van der Waals surface area contributed by atoms with E-state index >= 15 is 0 Å². The molecule has 1 heterocycles. The first-order chi connectivity index (χ1) is 6.49. The molecule has 2 unspecified atom stereocenters. The third-order valence-electron chi connectivity index (χ3n) is 2.71. The number of alkyl halides is 2. The lowest BCUT2D eigenvalue weighted by molar-refractivity contribution is -0.0136. The van der Waals surface area contributed by atoms with Gasteiger partial charge in [0.05, 0.1) is 0 Å². The van der Waals surface area contributed by atoms with Gasteiger partial charge in [0.25, 0.3) is 5.92 Å². The van der Waals surface area contributed by atoms with Crippen LogP contribution >= 0.6 is 0 Å². The van der Waals surface area contributed by atoms with Crippen molar-refractivity contribution in [1.29, 1.82) is 0 Å². The maximum Gasteiger partial charge on any atom is 0.251 e. The standard InChI is InChI=1S/C9H11F2N2O/c1-13-7(2-3-12-13)6-4-9(10,11)5-8(6)14/h2-3,6,8H,4-5H2,1H3. The van der Waals surface area contributed by atoms with Crippen LogP contribution in [0.1, 0.15) is 24.5 Å². The van der Waals surface area contributed by atoms with E-state index in [0.717, 1.165) is 0 Å². The van der Waals surface area contributed by atoms with Crippen LogP contribution in [0.15, 0.2) is 12.3 Å². The van der Waals surface area contributed by atoms with E-state index in [1.807, 2.05) is 0 Å². The zero-order chi connectivity index (χ0) is 10.3. The second-order valence-corrected chi connectivity index (χ2v) is 3.79. The van der Waals surface area contributed by atoms with E-state index in [1.54, 1.807) is 13.1 Å². The Morgan fingerprint density at radius 2 is 2.29 bits per heavy atom. The molecular weight excluding hydrogens is 190 g/mol. The summed E-state index contributed by atoms with van der Waals surface area (Å²) >= 11 is 0. The number of aryl methyl sites for hydroxylation is 1. The lowest BCUT2D eigenvalue weighted by atomic mass is 10.0. The van der Waals surface area contributed by atoms with E-state index in [1.165, 1.54) is 10.9 Å². The number of aromatic nitrogens is 2. The molecule has 1 radical (unpaired) electrons. The maximum absolute atomic E-state index is 12.9. The summed E-state index contributed by atoms with van der Waals surface area (Å²) in [5.74, 6) is -3.40. The molecule has 1 saturated carbocycles. The lowest BCUT2D eigenvalue weighted by Gasteiger charge is -2.12. The molecule has 0 N–H and O–H groups in total. The van der Waals surface area contributed by atoms with Crippen molar-refractivity contribution in [3.63, 3.8) is 0 Å². The molecule has 0 aromatic carbocycles. The second kappa shape index (κ2) is 3.02. The van der Waals surface area contributed by atoms with Gasteiger partial charge in [0.1, 0.15) is 6.10 Å². The van der Waals surface area contributed by atoms with Crippen LogP contribution in [-0.4, -0.2) is 21.8 Å². The van der Waals surface area contributed by atoms with E-state index in [2.05, 4.69) is 5.10 Å². The first kappa shape index (κ1) is 9.58. The number of rotatable bonds is 1. The van der Waals surface area contributed by atoms with Gasteiger partial charge in [-0.25, -0.2) is 13.9 Å². The minimum atomic E-state index is -2.80. The smallest absolute Gasteiger partial charge is 0.251 e. The number of nitrogens with zero attached hydrogens (tertiary/aromatic N) is 2. The van der Waals surface area contributed by atoms with Crippen LogP contribution in [0.2, 0.25) is 0 Å². The molecule has 2 rings (SSSR count). The molecule has 3 nitrogen and oxygen atoms in total. The molecule has 0 bridgehead atoms. The van der Waals surface area contributed by atoms with Crippen molar-refractivity contribution in [1.82, 2.24) is 9.78 Å². The molecule has 0 amide bonds. The predicted octanol–water partition coefficient (Wildman–Crippen LogP) is 1.73. The van der Waals surface area contributed by atoms with Crippen LogP contribution in [0, 0.1) is 0 Å². The average Bonchev–Trinajstić information content (AvgIpc) is 2.55. The Balaban J connectivity index is 2.25. The summed E-state index contributed by atoms with van der Waals surface area (Å²) in [6.45, 7) is 0. The molecule has 0 spiro atoms. The van der Waals surface area contributed by atoms with Crippen molar-refractivity contribution in [2.75, 3.05) is 0 Å². The first-order valence-corrected chi connectivity index (χ1v) is 4.51. The molecule has 0 aliphatic heterocycles. The quantitative estimate of drug-likeness (QED) is 0.681. The molecule has 5 heteroatoms. The third kappa shape index (κ3) is 1.52. The van der Waals surface area contributed by atoms with Gasteiger partial charge in [-0.1, -0.05) is 0 Å². The van der Waals surface area contributed by atoms with Gasteiger partial charge in [-0.3, -0.25) is 4.68 Å². The number of halogens is 2. The Morgan fingerprint density at radius 1 is 1.57 bits per heavy atom. The monoisotopic (exact) mass is 201 g/mol. The van der Waals surface area contributed by atoms with Crippen LogP contribution in [0.5, 0.6) is 0 Å². The summed E-state index contributed by atoms with van der Waals surface area (Å²) in [7, 11) is 1.67. The molecule has 1 aromatic rings. The van der Waals surface area contributed by atoms with Crippen molar-refractivity contribution < 1.29 is 13.9 Å². The topological polar surface area (TPSA) is 37.7 Å². The minimum absolute atomic E-state index is 0.347. The van der Waals surface area contributed by atoms with Crippen molar-refractivity contribution in [2.45, 2.75) is 30.8 Å². The summed E-state index contributed by atoms with van der Waals surface area (Å²) in [4.78, 5) is 0. The Hall–Kier alpha value is -0.970. The molecular formula is C9H11F2N2O. The van der Waals surface area contributed by atoms with Gasteiger partial charge in [0.2, 0.25) is 0 Å². The summed E-state index contributed by atoms with van der Waals surface area (Å²) in [5.41, 5.74) is 0.613. The van der Waals surface area contributed by atoms with Gasteiger partial charge < -0.3 is 0 Å². The van der Waals surface area contributed by atoms with Gasteiger partial charge in [0.15, 0.2) is 0 Å². The van der Waals surface area contributed by atoms with Crippen LogP contribution < -0.4 is 0 Å². The predicted molar refractivity (Wildman–Crippen MR) is 44.6 cm³/mol. The molecule has 1 fully saturated rings.